The molecule has 5 aromatic carbocycles. The van der Waals surface area contributed by atoms with E-state index in [9.17, 15) is 5.11 Å². The number of ether oxygens (including phenoxy) is 2. The van der Waals surface area contributed by atoms with Gasteiger partial charge in [-0.1, -0.05) is 84.9 Å². The summed E-state index contributed by atoms with van der Waals surface area (Å²) in [5, 5.41) is 16.7. The zero-order chi connectivity index (χ0) is 28.9. The van der Waals surface area contributed by atoms with Gasteiger partial charge in [-0.3, -0.25) is 5.32 Å². The minimum absolute atomic E-state index is 0.383. The third-order valence-corrected chi connectivity index (χ3v) is 7.58. The van der Waals surface area contributed by atoms with Crippen molar-refractivity contribution in [3.05, 3.63) is 138 Å². The van der Waals surface area contributed by atoms with Crippen molar-refractivity contribution in [1.29, 1.82) is 0 Å². The third kappa shape index (κ3) is 5.96. The average Bonchev–Trinajstić information content (AvgIpc) is 3.32. The Labute approximate surface area is 245 Å². The van der Waals surface area contributed by atoms with Crippen LogP contribution in [0.15, 0.2) is 121 Å². The first kappa shape index (κ1) is 27.4. The number of benzene rings is 5. The number of nitrogens with one attached hydrogen (secondary N) is 1. The fourth-order valence-electron chi connectivity index (χ4n) is 5.34. The molecule has 6 nitrogen and oxygen atoms in total. The minimum atomic E-state index is -1.29. The van der Waals surface area contributed by atoms with Crippen molar-refractivity contribution in [2.24, 2.45) is 0 Å². The Bertz CT molecular complexity index is 1800. The molecule has 6 rings (SSSR count). The molecule has 1 atom stereocenters. The Morgan fingerprint density at radius 1 is 0.738 bits per heavy atom. The second-order valence-electron chi connectivity index (χ2n) is 10.6. The number of fused-ring (bicyclic) bond motifs is 3. The zero-order valence-corrected chi connectivity index (χ0v) is 23.7. The highest BCUT2D eigenvalue weighted by Gasteiger charge is 2.23. The third-order valence-electron chi connectivity index (χ3n) is 7.58. The van der Waals surface area contributed by atoms with Crippen LogP contribution in [0.1, 0.15) is 23.6 Å². The van der Waals surface area contributed by atoms with Gasteiger partial charge < -0.3 is 24.9 Å². The van der Waals surface area contributed by atoms with Crippen LogP contribution in [0.5, 0.6) is 11.5 Å². The Hall–Kier alpha value is -4.78. The largest absolute Gasteiger partial charge is 0.492 e. The zero-order valence-electron chi connectivity index (χ0n) is 23.7. The second kappa shape index (κ2) is 12.0. The number of nitrogens with two attached hydrogens (primary N) is 1. The predicted molar refractivity (Wildman–Crippen MR) is 170 cm³/mol. The van der Waals surface area contributed by atoms with Gasteiger partial charge in [0.15, 0.2) is 0 Å². The number of rotatable bonds is 11. The maximum absolute atomic E-state index is 11.1. The van der Waals surface area contributed by atoms with Gasteiger partial charge in [0.05, 0.1) is 11.2 Å². The summed E-state index contributed by atoms with van der Waals surface area (Å²) in [4.78, 5) is 0. The summed E-state index contributed by atoms with van der Waals surface area (Å²) < 4.78 is 14.4. The Kier molecular flexibility index (Phi) is 7.82. The number of aliphatic hydroxyl groups is 1. The summed E-state index contributed by atoms with van der Waals surface area (Å²) in [6, 6.07) is 40.5. The van der Waals surface area contributed by atoms with Crippen LogP contribution in [0.2, 0.25) is 0 Å². The molecule has 0 bridgehead atoms. The molecule has 6 aromatic rings. The standard InChI is InChI=1S/C36H35N3O3/c1-36(40,28-16-19-35(32(37)22-28)42-25-27-12-6-3-7-13-27)38-20-21-41-29-17-18-31-30-14-8-9-15-33(30)39(34(31)23-29)24-26-10-4-2-5-11-26/h2-19,22-23,38,40H,20-21,24-25,37H2,1H3/t36-/m1/s1. The van der Waals surface area contributed by atoms with Crippen LogP contribution in [0.4, 0.5) is 5.69 Å². The lowest BCUT2D eigenvalue weighted by molar-refractivity contribution is 0.0169. The molecule has 6 heteroatoms. The summed E-state index contributed by atoms with van der Waals surface area (Å²) >= 11 is 0. The molecular weight excluding hydrogens is 522 g/mol. The SMILES string of the molecule is C[C@](O)(NCCOc1ccc2c3ccccc3n(Cc3ccccc3)c2c1)c1ccc(OCc2ccccc2)c(N)c1. The van der Waals surface area contributed by atoms with Gasteiger partial charge in [0.1, 0.15) is 30.4 Å². The molecule has 42 heavy (non-hydrogen) atoms. The number of anilines is 1. The van der Waals surface area contributed by atoms with Crippen molar-refractivity contribution in [3.8, 4) is 11.5 Å². The van der Waals surface area contributed by atoms with Gasteiger partial charge in [0, 0.05) is 41.0 Å². The van der Waals surface area contributed by atoms with Crippen molar-refractivity contribution in [3.63, 3.8) is 0 Å². The molecular formula is C36H35N3O3. The fraction of sp³-hybridized carbons (Fsp3) is 0.167. The molecule has 4 N–H and O–H groups in total. The fourth-order valence-corrected chi connectivity index (χ4v) is 5.34. The van der Waals surface area contributed by atoms with Gasteiger partial charge in [-0.25, -0.2) is 0 Å². The van der Waals surface area contributed by atoms with E-state index in [1.54, 1.807) is 19.1 Å². The van der Waals surface area contributed by atoms with Crippen LogP contribution in [0.25, 0.3) is 21.8 Å². The second-order valence-corrected chi connectivity index (χ2v) is 10.6. The molecule has 0 aliphatic heterocycles. The first-order chi connectivity index (χ1) is 20.5. The average molecular weight is 558 g/mol. The number of nitrogens with zero attached hydrogens (tertiary/aromatic N) is 1. The van der Waals surface area contributed by atoms with Crippen molar-refractivity contribution in [2.75, 3.05) is 18.9 Å². The highest BCUT2D eigenvalue weighted by molar-refractivity contribution is 6.08. The van der Waals surface area contributed by atoms with Crippen molar-refractivity contribution < 1.29 is 14.6 Å². The topological polar surface area (TPSA) is 81.7 Å². The van der Waals surface area contributed by atoms with Crippen molar-refractivity contribution in [1.82, 2.24) is 9.88 Å². The number of hydrogen-bond acceptors (Lipinski definition) is 5. The van der Waals surface area contributed by atoms with E-state index in [1.807, 2.05) is 48.5 Å². The van der Waals surface area contributed by atoms with E-state index >= 15 is 0 Å². The molecule has 0 spiro atoms. The van der Waals surface area contributed by atoms with Crippen LogP contribution in [0, 0.1) is 0 Å². The van der Waals surface area contributed by atoms with E-state index in [1.165, 1.54) is 21.9 Å². The molecule has 0 saturated heterocycles. The van der Waals surface area contributed by atoms with Crippen LogP contribution in [-0.2, 0) is 18.9 Å². The van der Waals surface area contributed by atoms with Gasteiger partial charge in [0.2, 0.25) is 0 Å². The van der Waals surface area contributed by atoms with Gasteiger partial charge in [0.25, 0.3) is 0 Å². The number of para-hydroxylation sites is 1. The molecule has 0 aliphatic carbocycles. The monoisotopic (exact) mass is 557 g/mol. The molecule has 0 aliphatic rings. The van der Waals surface area contributed by atoms with E-state index in [2.05, 4.69) is 70.5 Å². The molecule has 0 radical (unpaired) electrons. The normalized spacial score (nSPS) is 12.8. The molecule has 0 fully saturated rings. The van der Waals surface area contributed by atoms with Gasteiger partial charge in [-0.05, 0) is 48.4 Å². The Morgan fingerprint density at radius 2 is 1.43 bits per heavy atom. The Balaban J connectivity index is 1.10. The highest BCUT2D eigenvalue weighted by Crippen LogP contribution is 2.32. The lowest BCUT2D eigenvalue weighted by Gasteiger charge is -2.26. The quantitative estimate of drug-likeness (QED) is 0.0923. The van der Waals surface area contributed by atoms with Crippen LogP contribution < -0.4 is 20.5 Å². The van der Waals surface area contributed by atoms with Gasteiger partial charge in [-0.2, -0.15) is 0 Å². The molecule has 1 heterocycles. The maximum Gasteiger partial charge on any atom is 0.142 e. The maximum atomic E-state index is 11.1. The van der Waals surface area contributed by atoms with E-state index in [0.717, 1.165) is 23.4 Å². The lowest BCUT2D eigenvalue weighted by atomic mass is 10.0. The summed E-state index contributed by atoms with van der Waals surface area (Å²) in [5.41, 5.74) is 10.7. The lowest BCUT2D eigenvalue weighted by Crippen LogP contribution is -2.41. The number of aromatic nitrogens is 1. The van der Waals surface area contributed by atoms with E-state index in [0.29, 0.717) is 36.8 Å². The minimum Gasteiger partial charge on any atom is -0.492 e. The molecule has 0 saturated carbocycles. The summed E-state index contributed by atoms with van der Waals surface area (Å²) in [6.07, 6.45) is 0. The summed E-state index contributed by atoms with van der Waals surface area (Å²) in [6.45, 7) is 3.73. The molecule has 1 aromatic heterocycles. The van der Waals surface area contributed by atoms with Crippen molar-refractivity contribution >= 4 is 27.5 Å². The number of nitrogen functional groups attached to an aromatic ring is 1. The number of hydrogen-bond donors (Lipinski definition) is 3. The van der Waals surface area contributed by atoms with E-state index in [4.69, 9.17) is 15.2 Å². The van der Waals surface area contributed by atoms with Gasteiger partial charge >= 0.3 is 0 Å². The van der Waals surface area contributed by atoms with Gasteiger partial charge in [-0.15, -0.1) is 0 Å². The highest BCUT2D eigenvalue weighted by atomic mass is 16.5. The summed E-state index contributed by atoms with van der Waals surface area (Å²) in [7, 11) is 0. The molecule has 0 amide bonds. The summed E-state index contributed by atoms with van der Waals surface area (Å²) in [5.74, 6) is 1.37. The van der Waals surface area contributed by atoms with E-state index in [-0.39, 0.29) is 0 Å². The smallest absolute Gasteiger partial charge is 0.142 e. The Morgan fingerprint density at radius 3 is 2.19 bits per heavy atom. The first-order valence-electron chi connectivity index (χ1n) is 14.2. The van der Waals surface area contributed by atoms with Crippen LogP contribution in [0.3, 0.4) is 0 Å². The first-order valence-corrected chi connectivity index (χ1v) is 14.2. The molecule has 212 valence electrons. The van der Waals surface area contributed by atoms with E-state index < -0.39 is 5.72 Å². The molecule has 0 unspecified atom stereocenters. The van der Waals surface area contributed by atoms with Crippen molar-refractivity contribution in [2.45, 2.75) is 25.8 Å². The van der Waals surface area contributed by atoms with Crippen LogP contribution >= 0.6 is 0 Å². The van der Waals surface area contributed by atoms with Crippen LogP contribution in [-0.4, -0.2) is 22.8 Å². The predicted octanol–water partition coefficient (Wildman–Crippen LogP) is 6.84.